The number of carbonyl (C=O) groups excluding carboxylic acids is 1. The molecule has 1 amide bonds. The van der Waals surface area contributed by atoms with Crippen LogP contribution >= 0.6 is 0 Å². The molecule has 7 nitrogen and oxygen atoms in total. The highest BCUT2D eigenvalue weighted by molar-refractivity contribution is 7.89. The minimum absolute atomic E-state index is 0.0656. The molecule has 146 valence electrons. The highest BCUT2D eigenvalue weighted by atomic mass is 32.2. The van der Waals surface area contributed by atoms with Gasteiger partial charge in [0.05, 0.1) is 12.0 Å². The Bertz CT molecular complexity index is 814. The van der Waals surface area contributed by atoms with Crippen LogP contribution in [0.15, 0.2) is 53.1 Å². The number of nitrogens with one attached hydrogen (secondary N) is 1. The zero-order valence-electron chi connectivity index (χ0n) is 15.2. The van der Waals surface area contributed by atoms with Gasteiger partial charge in [-0.15, -0.1) is 0 Å². The molecule has 0 spiro atoms. The molecule has 0 saturated carbocycles. The predicted molar refractivity (Wildman–Crippen MR) is 103 cm³/mol. The monoisotopic (exact) mass is 391 g/mol. The number of hydrogen-bond acceptors (Lipinski definition) is 5. The third-order valence-electron chi connectivity index (χ3n) is 4.67. The molecule has 1 fully saturated rings. The zero-order valence-corrected chi connectivity index (χ0v) is 16.0. The van der Waals surface area contributed by atoms with Gasteiger partial charge in [0.2, 0.25) is 10.0 Å². The van der Waals surface area contributed by atoms with Crippen LogP contribution in [-0.4, -0.2) is 68.6 Å². The third-order valence-corrected chi connectivity index (χ3v) is 6.55. The van der Waals surface area contributed by atoms with Crippen molar-refractivity contribution in [1.82, 2.24) is 14.5 Å². The molecule has 3 rings (SSSR count). The Morgan fingerprint density at radius 3 is 2.44 bits per heavy atom. The van der Waals surface area contributed by atoms with Crippen LogP contribution in [0.25, 0.3) is 0 Å². The van der Waals surface area contributed by atoms with Gasteiger partial charge in [-0.25, -0.2) is 8.42 Å². The molecule has 1 aromatic heterocycles. The van der Waals surface area contributed by atoms with Crippen molar-refractivity contribution in [2.75, 3.05) is 45.0 Å². The number of furan rings is 1. The van der Waals surface area contributed by atoms with Crippen LogP contribution < -0.4 is 5.32 Å². The summed E-state index contributed by atoms with van der Waals surface area (Å²) in [4.78, 5) is 14.1. The van der Waals surface area contributed by atoms with E-state index in [0.717, 1.165) is 26.1 Å². The van der Waals surface area contributed by atoms with Gasteiger partial charge < -0.3 is 14.6 Å². The summed E-state index contributed by atoms with van der Waals surface area (Å²) in [5, 5.41) is 2.58. The lowest BCUT2D eigenvalue weighted by Crippen LogP contribution is -2.50. The number of piperazine rings is 1. The molecule has 1 N–H and O–H groups in total. The van der Waals surface area contributed by atoms with Crippen molar-refractivity contribution in [3.05, 3.63) is 60.1 Å². The molecule has 0 bridgehead atoms. The first-order chi connectivity index (χ1) is 13.0. The molecular weight excluding hydrogens is 366 g/mol. The molecule has 0 unspecified atom stereocenters. The Balaban J connectivity index is 1.39. The summed E-state index contributed by atoms with van der Waals surface area (Å²) in [6.07, 6.45) is 2.37. The first-order valence-electron chi connectivity index (χ1n) is 9.10. The first kappa shape index (κ1) is 19.6. The van der Waals surface area contributed by atoms with Crippen molar-refractivity contribution in [1.29, 1.82) is 0 Å². The van der Waals surface area contributed by atoms with E-state index in [-0.39, 0.29) is 18.1 Å². The van der Waals surface area contributed by atoms with Crippen molar-refractivity contribution in [2.45, 2.75) is 6.42 Å². The predicted octanol–water partition coefficient (Wildman–Crippen LogP) is 1.20. The minimum Gasteiger partial charge on any atom is -0.459 e. The van der Waals surface area contributed by atoms with E-state index >= 15 is 0 Å². The molecule has 0 aliphatic carbocycles. The quantitative estimate of drug-likeness (QED) is 0.731. The van der Waals surface area contributed by atoms with Gasteiger partial charge in [0.15, 0.2) is 5.76 Å². The van der Waals surface area contributed by atoms with Crippen LogP contribution in [0.5, 0.6) is 0 Å². The number of rotatable bonds is 8. The van der Waals surface area contributed by atoms with Crippen molar-refractivity contribution in [3.8, 4) is 0 Å². The van der Waals surface area contributed by atoms with Crippen LogP contribution in [0, 0.1) is 0 Å². The van der Waals surface area contributed by atoms with Gasteiger partial charge in [-0.2, -0.15) is 4.31 Å². The van der Waals surface area contributed by atoms with E-state index in [0.29, 0.717) is 13.1 Å². The number of amides is 1. The highest BCUT2D eigenvalue weighted by Crippen LogP contribution is 2.09. The second-order valence-electron chi connectivity index (χ2n) is 6.53. The number of sulfonamides is 1. The topological polar surface area (TPSA) is 82.9 Å². The Morgan fingerprint density at radius 1 is 1.04 bits per heavy atom. The fraction of sp³-hybridized carbons (Fsp3) is 0.421. The fourth-order valence-corrected chi connectivity index (χ4v) is 4.42. The molecule has 8 heteroatoms. The number of nitrogens with zero attached hydrogens (tertiary/aromatic N) is 2. The second-order valence-corrected chi connectivity index (χ2v) is 8.61. The van der Waals surface area contributed by atoms with Gasteiger partial charge in [0, 0.05) is 39.3 Å². The maximum absolute atomic E-state index is 12.5. The summed E-state index contributed by atoms with van der Waals surface area (Å²) in [5.41, 5.74) is 1.29. The van der Waals surface area contributed by atoms with Gasteiger partial charge >= 0.3 is 0 Å². The van der Waals surface area contributed by atoms with Crippen LogP contribution in [0.3, 0.4) is 0 Å². The maximum atomic E-state index is 12.5. The smallest absolute Gasteiger partial charge is 0.287 e. The summed E-state index contributed by atoms with van der Waals surface area (Å²) < 4.78 is 31.4. The maximum Gasteiger partial charge on any atom is 0.287 e. The third kappa shape index (κ3) is 5.66. The average molecular weight is 391 g/mol. The SMILES string of the molecule is O=C(NCCS(=O)(=O)N1CCN(CCc2ccccc2)CC1)c1ccco1. The van der Waals surface area contributed by atoms with Crippen LogP contribution in [0.1, 0.15) is 16.1 Å². The molecule has 2 heterocycles. The van der Waals surface area contributed by atoms with E-state index in [9.17, 15) is 13.2 Å². The lowest BCUT2D eigenvalue weighted by molar-refractivity contribution is 0.0928. The summed E-state index contributed by atoms with van der Waals surface area (Å²) in [5.74, 6) is -0.330. The molecule has 1 aliphatic rings. The molecule has 1 aliphatic heterocycles. The van der Waals surface area contributed by atoms with Gasteiger partial charge in [-0.3, -0.25) is 4.79 Å². The van der Waals surface area contributed by atoms with E-state index in [2.05, 4.69) is 22.3 Å². The van der Waals surface area contributed by atoms with Crippen molar-refractivity contribution in [2.24, 2.45) is 0 Å². The van der Waals surface area contributed by atoms with Crippen LogP contribution in [-0.2, 0) is 16.4 Å². The molecule has 0 radical (unpaired) electrons. The Hall–Kier alpha value is -2.16. The number of benzene rings is 1. The standard InChI is InChI=1S/C19H25N3O4S/c23-19(18-7-4-15-26-18)20-9-16-27(24,25)22-13-11-21(12-14-22)10-8-17-5-2-1-3-6-17/h1-7,15H,8-14,16H2,(H,20,23). The van der Waals surface area contributed by atoms with Gasteiger partial charge in [0.25, 0.3) is 5.91 Å². The molecule has 1 saturated heterocycles. The molecule has 27 heavy (non-hydrogen) atoms. The fourth-order valence-electron chi connectivity index (χ4n) is 3.08. The van der Waals surface area contributed by atoms with Crippen molar-refractivity contribution < 1.29 is 17.6 Å². The molecule has 1 aromatic carbocycles. The van der Waals surface area contributed by atoms with Crippen molar-refractivity contribution >= 4 is 15.9 Å². The summed E-state index contributed by atoms with van der Waals surface area (Å²) >= 11 is 0. The largest absolute Gasteiger partial charge is 0.459 e. The van der Waals surface area contributed by atoms with E-state index in [1.807, 2.05) is 18.2 Å². The van der Waals surface area contributed by atoms with Crippen LogP contribution in [0.4, 0.5) is 0 Å². The summed E-state index contributed by atoms with van der Waals surface area (Å²) in [6, 6.07) is 13.4. The minimum atomic E-state index is -3.38. The van der Waals surface area contributed by atoms with E-state index < -0.39 is 15.9 Å². The van der Waals surface area contributed by atoms with Crippen LogP contribution in [0.2, 0.25) is 0 Å². The Kier molecular flexibility index (Phi) is 6.65. The van der Waals surface area contributed by atoms with E-state index in [4.69, 9.17) is 4.42 Å². The molecular formula is C19H25N3O4S. The van der Waals surface area contributed by atoms with Gasteiger partial charge in [0.1, 0.15) is 0 Å². The second kappa shape index (κ2) is 9.16. The van der Waals surface area contributed by atoms with Gasteiger partial charge in [-0.1, -0.05) is 30.3 Å². The Morgan fingerprint density at radius 2 is 1.78 bits per heavy atom. The lowest BCUT2D eigenvalue weighted by atomic mass is 10.1. The summed E-state index contributed by atoms with van der Waals surface area (Å²) in [6.45, 7) is 3.43. The molecule has 2 aromatic rings. The average Bonchev–Trinajstić information content (AvgIpc) is 3.22. The normalized spacial score (nSPS) is 16.3. The zero-order chi connectivity index (χ0) is 19.1. The molecule has 0 atom stereocenters. The number of carbonyl (C=O) groups is 1. The lowest BCUT2D eigenvalue weighted by Gasteiger charge is -2.34. The summed E-state index contributed by atoms with van der Waals surface area (Å²) in [7, 11) is -3.38. The number of hydrogen-bond donors (Lipinski definition) is 1. The first-order valence-corrected chi connectivity index (χ1v) is 10.7. The Labute approximate surface area is 160 Å². The highest BCUT2D eigenvalue weighted by Gasteiger charge is 2.26. The van der Waals surface area contributed by atoms with E-state index in [1.54, 1.807) is 12.1 Å². The van der Waals surface area contributed by atoms with Gasteiger partial charge in [-0.05, 0) is 24.1 Å². The van der Waals surface area contributed by atoms with Crippen molar-refractivity contribution in [3.63, 3.8) is 0 Å². The van der Waals surface area contributed by atoms with E-state index in [1.165, 1.54) is 16.1 Å².